The van der Waals surface area contributed by atoms with Crippen LogP contribution in [0.1, 0.15) is 43.0 Å². The molecule has 102 valence electrons. The average molecular weight is 259 g/mol. The zero-order chi connectivity index (χ0) is 13.2. The molecule has 19 heavy (non-hydrogen) atoms. The van der Waals surface area contributed by atoms with E-state index < -0.39 is 0 Å². The Bertz CT molecular complexity index is 437. The van der Waals surface area contributed by atoms with Crippen LogP contribution in [0.5, 0.6) is 0 Å². The molecule has 1 aromatic heterocycles. The maximum Gasteiger partial charge on any atom is 0.253 e. The summed E-state index contributed by atoms with van der Waals surface area (Å²) in [7, 11) is 0. The zero-order valence-electron chi connectivity index (χ0n) is 11.4. The van der Waals surface area contributed by atoms with Crippen molar-refractivity contribution >= 4 is 11.7 Å². The van der Waals surface area contributed by atoms with Crippen LogP contribution < -0.4 is 10.6 Å². The van der Waals surface area contributed by atoms with Crippen molar-refractivity contribution in [3.8, 4) is 0 Å². The van der Waals surface area contributed by atoms with Crippen molar-refractivity contribution in [2.24, 2.45) is 11.8 Å². The molecule has 3 rings (SSSR count). The molecule has 0 radical (unpaired) electrons. The van der Waals surface area contributed by atoms with Gasteiger partial charge in [-0.15, -0.1) is 0 Å². The van der Waals surface area contributed by atoms with Crippen molar-refractivity contribution in [2.45, 2.75) is 38.6 Å². The number of amides is 1. The van der Waals surface area contributed by atoms with Crippen molar-refractivity contribution in [1.29, 1.82) is 0 Å². The normalized spacial score (nSPS) is 18.4. The van der Waals surface area contributed by atoms with Crippen LogP contribution in [0, 0.1) is 11.8 Å². The molecule has 0 atom stereocenters. The zero-order valence-corrected chi connectivity index (χ0v) is 11.4. The molecule has 2 saturated carbocycles. The minimum atomic E-state index is 0.0272. The molecule has 4 nitrogen and oxygen atoms in total. The lowest BCUT2D eigenvalue weighted by atomic mass is 10.1. The molecular weight excluding hydrogens is 238 g/mol. The number of carbonyl (C=O) groups is 1. The third-order valence-electron chi connectivity index (χ3n) is 3.94. The van der Waals surface area contributed by atoms with Crippen molar-refractivity contribution in [3.63, 3.8) is 0 Å². The second-order valence-corrected chi connectivity index (χ2v) is 5.64. The molecule has 2 aliphatic carbocycles. The maximum absolute atomic E-state index is 12.2. The summed E-state index contributed by atoms with van der Waals surface area (Å²) in [5.74, 6) is 2.30. The van der Waals surface area contributed by atoms with E-state index >= 15 is 0 Å². The fourth-order valence-electron chi connectivity index (χ4n) is 2.58. The van der Waals surface area contributed by atoms with Crippen LogP contribution in [-0.2, 0) is 0 Å². The minimum Gasteiger partial charge on any atom is -0.370 e. The highest BCUT2D eigenvalue weighted by Gasteiger charge is 2.42. The van der Waals surface area contributed by atoms with Crippen LogP contribution in [0.2, 0.25) is 0 Å². The summed E-state index contributed by atoms with van der Waals surface area (Å²) >= 11 is 0. The number of nitrogens with one attached hydrogen (secondary N) is 2. The topological polar surface area (TPSA) is 54.0 Å². The number of pyridine rings is 1. The van der Waals surface area contributed by atoms with E-state index in [1.165, 1.54) is 25.7 Å². The highest BCUT2D eigenvalue weighted by Crippen LogP contribution is 2.44. The van der Waals surface area contributed by atoms with Crippen molar-refractivity contribution in [3.05, 3.63) is 23.9 Å². The van der Waals surface area contributed by atoms with Crippen LogP contribution in [0.15, 0.2) is 18.3 Å². The molecule has 0 bridgehead atoms. The molecule has 2 fully saturated rings. The fourth-order valence-corrected chi connectivity index (χ4v) is 2.58. The van der Waals surface area contributed by atoms with E-state index in [0.29, 0.717) is 11.6 Å². The van der Waals surface area contributed by atoms with E-state index in [4.69, 9.17) is 0 Å². The van der Waals surface area contributed by atoms with Crippen LogP contribution >= 0.6 is 0 Å². The van der Waals surface area contributed by atoms with Gasteiger partial charge in [0.1, 0.15) is 5.82 Å². The third kappa shape index (κ3) is 3.06. The second-order valence-electron chi connectivity index (χ2n) is 5.64. The largest absolute Gasteiger partial charge is 0.370 e. The summed E-state index contributed by atoms with van der Waals surface area (Å²) in [5, 5.41) is 6.34. The van der Waals surface area contributed by atoms with Crippen LogP contribution in [0.4, 0.5) is 5.82 Å². The SMILES string of the molecule is CCNc1ccc(C(=O)NC(C2CC2)C2CC2)cn1. The Hall–Kier alpha value is -1.58. The van der Waals surface area contributed by atoms with Gasteiger partial charge in [-0.3, -0.25) is 4.79 Å². The Kier molecular flexibility index (Phi) is 3.40. The van der Waals surface area contributed by atoms with Gasteiger partial charge in [0.05, 0.1) is 5.56 Å². The van der Waals surface area contributed by atoms with Crippen molar-refractivity contribution < 1.29 is 4.79 Å². The number of aromatic nitrogens is 1. The molecule has 0 saturated heterocycles. The predicted octanol–water partition coefficient (Wildman–Crippen LogP) is 2.43. The van der Waals surface area contributed by atoms with Gasteiger partial charge >= 0.3 is 0 Å². The van der Waals surface area contributed by atoms with E-state index in [9.17, 15) is 4.79 Å². The highest BCUT2D eigenvalue weighted by atomic mass is 16.1. The molecule has 1 amide bonds. The first-order valence-corrected chi connectivity index (χ1v) is 7.28. The van der Waals surface area contributed by atoms with E-state index in [2.05, 4.69) is 15.6 Å². The van der Waals surface area contributed by atoms with Gasteiger partial charge in [0.25, 0.3) is 5.91 Å². The molecule has 1 heterocycles. The first kappa shape index (κ1) is 12.5. The molecule has 0 aliphatic heterocycles. The monoisotopic (exact) mass is 259 g/mol. The second kappa shape index (κ2) is 5.19. The fraction of sp³-hybridized carbons (Fsp3) is 0.600. The quantitative estimate of drug-likeness (QED) is 0.825. The van der Waals surface area contributed by atoms with Crippen LogP contribution in [0.25, 0.3) is 0 Å². The summed E-state index contributed by atoms with van der Waals surface area (Å²) in [5.41, 5.74) is 0.660. The van der Waals surface area contributed by atoms with Gasteiger partial charge < -0.3 is 10.6 Å². The number of nitrogens with zero attached hydrogens (tertiary/aromatic N) is 1. The molecule has 2 aliphatic rings. The molecular formula is C15H21N3O. The molecule has 4 heteroatoms. The van der Waals surface area contributed by atoms with Gasteiger partial charge in [-0.25, -0.2) is 4.98 Å². The summed E-state index contributed by atoms with van der Waals surface area (Å²) in [6, 6.07) is 4.11. The number of rotatable bonds is 6. The lowest BCUT2D eigenvalue weighted by molar-refractivity contribution is 0.0926. The molecule has 2 N–H and O–H groups in total. The standard InChI is InChI=1S/C15H21N3O/c1-2-16-13-8-7-12(9-17-13)15(19)18-14(10-3-4-10)11-5-6-11/h7-11,14H,2-6H2,1H3,(H,16,17)(H,18,19). The van der Waals surface area contributed by atoms with E-state index in [-0.39, 0.29) is 5.91 Å². The van der Waals surface area contributed by atoms with E-state index in [0.717, 1.165) is 24.2 Å². The minimum absolute atomic E-state index is 0.0272. The number of anilines is 1. The van der Waals surface area contributed by atoms with Crippen molar-refractivity contribution in [2.75, 3.05) is 11.9 Å². The molecule has 1 aromatic rings. The molecule has 0 aromatic carbocycles. The van der Waals surface area contributed by atoms with Crippen LogP contribution in [0.3, 0.4) is 0 Å². The lowest BCUT2D eigenvalue weighted by Gasteiger charge is -2.17. The Balaban J connectivity index is 1.62. The number of hydrogen-bond acceptors (Lipinski definition) is 3. The van der Waals surface area contributed by atoms with Gasteiger partial charge in [0.2, 0.25) is 0 Å². The summed E-state index contributed by atoms with van der Waals surface area (Å²) in [6.07, 6.45) is 6.76. The summed E-state index contributed by atoms with van der Waals surface area (Å²) in [4.78, 5) is 16.5. The van der Waals surface area contributed by atoms with E-state index in [1.54, 1.807) is 6.20 Å². The smallest absolute Gasteiger partial charge is 0.253 e. The van der Waals surface area contributed by atoms with Gasteiger partial charge in [0.15, 0.2) is 0 Å². The Labute approximate surface area is 114 Å². The molecule has 0 spiro atoms. The first-order chi connectivity index (χ1) is 9.28. The number of hydrogen-bond donors (Lipinski definition) is 2. The lowest BCUT2D eigenvalue weighted by Crippen LogP contribution is -2.38. The van der Waals surface area contributed by atoms with Crippen molar-refractivity contribution in [1.82, 2.24) is 10.3 Å². The van der Waals surface area contributed by atoms with Gasteiger partial charge in [-0.05, 0) is 56.6 Å². The number of carbonyl (C=O) groups excluding carboxylic acids is 1. The Morgan fingerprint density at radius 2 is 2.00 bits per heavy atom. The summed E-state index contributed by atoms with van der Waals surface area (Å²) in [6.45, 7) is 2.86. The first-order valence-electron chi connectivity index (χ1n) is 7.28. The van der Waals surface area contributed by atoms with Gasteiger partial charge in [0, 0.05) is 18.8 Å². The van der Waals surface area contributed by atoms with Gasteiger partial charge in [-0.2, -0.15) is 0 Å². The average Bonchev–Trinajstić information content (AvgIpc) is 3.30. The Morgan fingerprint density at radius 1 is 1.32 bits per heavy atom. The van der Waals surface area contributed by atoms with Crippen LogP contribution in [-0.4, -0.2) is 23.5 Å². The highest BCUT2D eigenvalue weighted by molar-refractivity contribution is 5.94. The molecule has 0 unspecified atom stereocenters. The Morgan fingerprint density at radius 3 is 2.47 bits per heavy atom. The van der Waals surface area contributed by atoms with E-state index in [1.807, 2.05) is 19.1 Å². The summed E-state index contributed by atoms with van der Waals surface area (Å²) < 4.78 is 0. The predicted molar refractivity (Wildman–Crippen MR) is 75.1 cm³/mol. The van der Waals surface area contributed by atoms with Gasteiger partial charge in [-0.1, -0.05) is 0 Å². The third-order valence-corrected chi connectivity index (χ3v) is 3.94. The maximum atomic E-state index is 12.2.